The highest BCUT2D eigenvalue weighted by Crippen LogP contribution is 2.44. The van der Waals surface area contributed by atoms with Gasteiger partial charge in [0.2, 0.25) is 0 Å². The van der Waals surface area contributed by atoms with Gasteiger partial charge in [-0.05, 0) is 66.9 Å². The predicted molar refractivity (Wildman–Crippen MR) is 132 cm³/mol. The molecule has 0 aromatic heterocycles. The zero-order valence-electron chi connectivity index (χ0n) is 18.6. The summed E-state index contributed by atoms with van der Waals surface area (Å²) in [7, 11) is 1.41. The first kappa shape index (κ1) is 23.7. The van der Waals surface area contributed by atoms with Gasteiger partial charge < -0.3 is 14.9 Å². The summed E-state index contributed by atoms with van der Waals surface area (Å²) in [6.07, 6.45) is 0. The van der Waals surface area contributed by atoms with Crippen LogP contribution in [-0.4, -0.2) is 29.0 Å². The van der Waals surface area contributed by atoms with Crippen molar-refractivity contribution in [3.05, 3.63) is 92.5 Å². The second kappa shape index (κ2) is 9.05. The van der Waals surface area contributed by atoms with E-state index in [2.05, 4.69) is 0 Å². The van der Waals surface area contributed by atoms with Crippen molar-refractivity contribution in [1.82, 2.24) is 0 Å². The van der Waals surface area contributed by atoms with Gasteiger partial charge in [0.25, 0.3) is 11.7 Å². The van der Waals surface area contributed by atoms with Gasteiger partial charge >= 0.3 is 0 Å². The number of carbonyl (C=O) groups is 2. The number of aliphatic hydroxyl groups excluding tert-OH is 1. The Labute approximate surface area is 206 Å². The molecule has 1 fully saturated rings. The van der Waals surface area contributed by atoms with Gasteiger partial charge in [0.15, 0.2) is 5.75 Å². The van der Waals surface area contributed by atoms with E-state index in [9.17, 15) is 19.8 Å². The van der Waals surface area contributed by atoms with Gasteiger partial charge in [-0.3, -0.25) is 14.5 Å². The average molecular weight is 498 g/mol. The van der Waals surface area contributed by atoms with Crippen molar-refractivity contribution >= 4 is 46.3 Å². The van der Waals surface area contributed by atoms with Gasteiger partial charge in [0.05, 0.1) is 28.8 Å². The van der Waals surface area contributed by atoms with Crippen molar-refractivity contribution in [3.8, 4) is 11.5 Å². The van der Waals surface area contributed by atoms with E-state index in [1.54, 1.807) is 18.2 Å². The monoisotopic (exact) mass is 497 g/mol. The van der Waals surface area contributed by atoms with Crippen molar-refractivity contribution < 1.29 is 24.5 Å². The maximum absolute atomic E-state index is 13.3. The lowest BCUT2D eigenvalue weighted by Crippen LogP contribution is -2.29. The molecule has 0 radical (unpaired) electrons. The highest BCUT2D eigenvalue weighted by atomic mass is 35.5. The minimum atomic E-state index is -0.942. The number of phenolic OH excluding ortho intramolecular Hbond substituents is 1. The number of Topliss-reactive ketones (excluding diaryl/α,β-unsaturated/α-hetero) is 1. The number of benzene rings is 3. The highest BCUT2D eigenvalue weighted by molar-refractivity contribution is 6.51. The number of carbonyl (C=O) groups excluding carboxylic acids is 2. The number of ketones is 1. The van der Waals surface area contributed by atoms with Crippen LogP contribution in [0.4, 0.5) is 5.69 Å². The number of amides is 1. The number of aromatic hydroxyl groups is 1. The Morgan fingerprint density at radius 1 is 0.941 bits per heavy atom. The summed E-state index contributed by atoms with van der Waals surface area (Å²) in [5, 5.41) is 21.3. The van der Waals surface area contributed by atoms with E-state index in [1.807, 2.05) is 26.0 Å². The lowest BCUT2D eigenvalue weighted by molar-refractivity contribution is -0.132. The number of halogens is 2. The number of aliphatic hydroxyl groups is 1. The van der Waals surface area contributed by atoms with Gasteiger partial charge in [0.1, 0.15) is 11.5 Å². The number of phenols is 1. The van der Waals surface area contributed by atoms with E-state index in [1.165, 1.54) is 36.3 Å². The first-order valence-electron chi connectivity index (χ1n) is 10.3. The van der Waals surface area contributed by atoms with E-state index in [0.717, 1.165) is 11.1 Å². The molecule has 174 valence electrons. The van der Waals surface area contributed by atoms with Crippen LogP contribution in [0.15, 0.2) is 60.2 Å². The van der Waals surface area contributed by atoms with Crippen LogP contribution in [0.3, 0.4) is 0 Å². The normalized spacial score (nSPS) is 17.3. The molecular weight excluding hydrogens is 477 g/mol. The van der Waals surface area contributed by atoms with Crippen LogP contribution in [0.5, 0.6) is 11.5 Å². The summed E-state index contributed by atoms with van der Waals surface area (Å²) >= 11 is 12.5. The quantitative estimate of drug-likeness (QED) is 0.264. The van der Waals surface area contributed by atoms with Gasteiger partial charge in [-0.1, -0.05) is 41.4 Å². The molecule has 6 nitrogen and oxygen atoms in total. The largest absolute Gasteiger partial charge is 0.508 e. The maximum atomic E-state index is 13.3. The molecule has 1 unspecified atom stereocenters. The molecule has 0 bridgehead atoms. The number of nitrogens with zero attached hydrogens (tertiary/aromatic N) is 1. The molecule has 1 amide bonds. The number of aryl methyl sites for hydroxylation is 2. The zero-order valence-corrected chi connectivity index (χ0v) is 20.1. The Morgan fingerprint density at radius 3 is 2.12 bits per heavy atom. The summed E-state index contributed by atoms with van der Waals surface area (Å²) in [4.78, 5) is 27.8. The van der Waals surface area contributed by atoms with Crippen LogP contribution in [-0.2, 0) is 9.59 Å². The lowest BCUT2D eigenvalue weighted by atomic mass is 9.95. The molecule has 1 heterocycles. The second-order valence-electron chi connectivity index (χ2n) is 8.00. The third-order valence-electron chi connectivity index (χ3n) is 5.90. The van der Waals surface area contributed by atoms with Crippen LogP contribution in [0.2, 0.25) is 10.0 Å². The molecule has 1 aliphatic heterocycles. The van der Waals surface area contributed by atoms with Gasteiger partial charge in [-0.2, -0.15) is 0 Å². The first-order chi connectivity index (χ1) is 16.1. The molecule has 1 atom stereocenters. The SMILES string of the molecule is COc1c(Cl)cc(/C(O)=C2\C(=O)C(=O)N(c3ccc(C)c(C)c3)C2c2ccc(O)cc2)cc1Cl. The zero-order chi connectivity index (χ0) is 24.7. The van der Waals surface area contributed by atoms with Crippen molar-refractivity contribution in [3.63, 3.8) is 0 Å². The van der Waals surface area contributed by atoms with E-state index in [-0.39, 0.29) is 32.7 Å². The minimum absolute atomic E-state index is 0.0283. The number of hydrogen-bond acceptors (Lipinski definition) is 5. The Hall–Kier alpha value is -3.48. The summed E-state index contributed by atoms with van der Waals surface area (Å²) in [5.41, 5.74) is 3.06. The minimum Gasteiger partial charge on any atom is -0.508 e. The number of methoxy groups -OCH3 is 1. The standard InChI is InChI=1S/C26H21Cl2NO5/c1-13-4-7-17(10-14(13)2)29-22(15-5-8-18(30)9-6-15)21(24(32)26(29)33)23(31)16-11-19(27)25(34-3)20(28)12-16/h4-12,22,30-31H,1-3H3/b23-21+. The Morgan fingerprint density at radius 2 is 1.56 bits per heavy atom. The summed E-state index contributed by atoms with van der Waals surface area (Å²) in [6, 6.07) is 13.4. The molecule has 2 N–H and O–H groups in total. The summed E-state index contributed by atoms with van der Waals surface area (Å²) in [5.74, 6) is -1.80. The van der Waals surface area contributed by atoms with E-state index in [4.69, 9.17) is 27.9 Å². The molecule has 1 saturated heterocycles. The van der Waals surface area contributed by atoms with Crippen molar-refractivity contribution in [2.24, 2.45) is 0 Å². The Bertz CT molecular complexity index is 1320. The third kappa shape index (κ3) is 4.00. The molecule has 0 aliphatic carbocycles. The number of rotatable bonds is 4. The van der Waals surface area contributed by atoms with E-state index < -0.39 is 23.5 Å². The van der Waals surface area contributed by atoms with E-state index >= 15 is 0 Å². The van der Waals surface area contributed by atoms with Crippen LogP contribution in [0.25, 0.3) is 5.76 Å². The number of anilines is 1. The predicted octanol–water partition coefficient (Wildman–Crippen LogP) is 5.95. The van der Waals surface area contributed by atoms with Crippen molar-refractivity contribution in [2.75, 3.05) is 12.0 Å². The molecule has 8 heteroatoms. The molecular formula is C26H21Cl2NO5. The van der Waals surface area contributed by atoms with Crippen molar-refractivity contribution in [2.45, 2.75) is 19.9 Å². The van der Waals surface area contributed by atoms with E-state index in [0.29, 0.717) is 11.3 Å². The molecule has 3 aromatic carbocycles. The molecule has 0 spiro atoms. The fourth-order valence-corrected chi connectivity index (χ4v) is 4.63. The van der Waals surface area contributed by atoms with Gasteiger partial charge in [-0.25, -0.2) is 0 Å². The highest BCUT2D eigenvalue weighted by Gasteiger charge is 2.47. The number of ether oxygens (including phenoxy) is 1. The summed E-state index contributed by atoms with van der Waals surface area (Å²) in [6.45, 7) is 3.86. The number of hydrogen-bond donors (Lipinski definition) is 2. The van der Waals surface area contributed by atoms with Crippen LogP contribution in [0, 0.1) is 13.8 Å². The average Bonchev–Trinajstić information content (AvgIpc) is 3.06. The maximum Gasteiger partial charge on any atom is 0.300 e. The van der Waals surface area contributed by atoms with Gasteiger partial charge in [-0.15, -0.1) is 0 Å². The third-order valence-corrected chi connectivity index (χ3v) is 6.46. The Balaban J connectivity index is 1.97. The molecule has 0 saturated carbocycles. The van der Waals surface area contributed by atoms with Crippen LogP contribution < -0.4 is 9.64 Å². The molecule has 4 rings (SSSR count). The fourth-order valence-electron chi connectivity index (χ4n) is 3.99. The molecule has 1 aliphatic rings. The summed E-state index contributed by atoms with van der Waals surface area (Å²) < 4.78 is 5.16. The fraction of sp³-hybridized carbons (Fsp3) is 0.154. The topological polar surface area (TPSA) is 87.1 Å². The molecule has 3 aromatic rings. The van der Waals surface area contributed by atoms with Crippen molar-refractivity contribution in [1.29, 1.82) is 0 Å². The van der Waals surface area contributed by atoms with Crippen LogP contribution >= 0.6 is 23.2 Å². The Kier molecular flexibility index (Phi) is 6.30. The van der Waals surface area contributed by atoms with Crippen LogP contribution in [0.1, 0.15) is 28.3 Å². The lowest BCUT2D eigenvalue weighted by Gasteiger charge is -2.26. The smallest absolute Gasteiger partial charge is 0.300 e. The second-order valence-corrected chi connectivity index (χ2v) is 8.82. The molecule has 34 heavy (non-hydrogen) atoms. The first-order valence-corrected chi connectivity index (χ1v) is 11.1. The van der Waals surface area contributed by atoms with Gasteiger partial charge in [0, 0.05) is 11.3 Å².